The Bertz CT molecular complexity index is 1160. The number of benzene rings is 2. The minimum Gasteiger partial charge on any atom is -0.495 e. The lowest BCUT2D eigenvalue weighted by Gasteiger charge is -2.20. The molecule has 0 atom stereocenters. The van der Waals surface area contributed by atoms with Crippen LogP contribution < -0.4 is 24.3 Å². The number of hydrogen-bond acceptors (Lipinski definition) is 5. The molecule has 3 aromatic rings. The maximum absolute atomic E-state index is 13.1. The molecule has 0 fully saturated rings. The highest BCUT2D eigenvalue weighted by Gasteiger charge is 2.20. The fourth-order valence-electron chi connectivity index (χ4n) is 3.71. The Hall–Kier alpha value is -3.32. The van der Waals surface area contributed by atoms with E-state index in [9.17, 15) is 4.79 Å². The van der Waals surface area contributed by atoms with Gasteiger partial charge in [-0.3, -0.25) is 4.79 Å². The molecule has 0 aliphatic carbocycles. The number of nitrogens with zero attached hydrogens (tertiary/aromatic N) is 1. The molecule has 0 spiro atoms. The summed E-state index contributed by atoms with van der Waals surface area (Å²) in [6.07, 6.45) is 0. The van der Waals surface area contributed by atoms with E-state index in [1.165, 1.54) is 14.2 Å². The van der Waals surface area contributed by atoms with E-state index in [-0.39, 0.29) is 5.91 Å². The molecule has 7 nitrogen and oxygen atoms in total. The summed E-state index contributed by atoms with van der Waals surface area (Å²) < 4.78 is 23.9. The minimum absolute atomic E-state index is 0.264. The minimum atomic E-state index is -0.264. The first-order valence-electron chi connectivity index (χ1n) is 9.74. The zero-order valence-corrected chi connectivity index (χ0v) is 18.5. The van der Waals surface area contributed by atoms with Crippen LogP contribution in [0.15, 0.2) is 36.4 Å². The molecule has 1 aliphatic heterocycles. The summed E-state index contributed by atoms with van der Waals surface area (Å²) >= 11 is 6.16. The molecule has 0 unspecified atom stereocenters. The fraction of sp³-hybridized carbons (Fsp3) is 0.261. The van der Waals surface area contributed by atoms with Crippen LogP contribution in [0.1, 0.15) is 21.7 Å². The Labute approximate surface area is 185 Å². The van der Waals surface area contributed by atoms with E-state index in [4.69, 9.17) is 30.5 Å². The van der Waals surface area contributed by atoms with Gasteiger partial charge < -0.3 is 28.8 Å². The second-order valence-corrected chi connectivity index (χ2v) is 7.50. The lowest BCUT2D eigenvalue weighted by molar-refractivity contribution is 0.102. The second-order valence-electron chi connectivity index (χ2n) is 7.09. The topological polar surface area (TPSA) is 71.0 Å². The number of nitrogens with one attached hydrogen (secondary N) is 1. The first-order chi connectivity index (χ1) is 14.9. The third-order valence-electron chi connectivity index (χ3n) is 5.18. The van der Waals surface area contributed by atoms with E-state index in [1.54, 1.807) is 12.1 Å². The number of hydrogen-bond donors (Lipinski definition) is 1. The average Bonchev–Trinajstić information content (AvgIpc) is 3.08. The Morgan fingerprint density at radius 1 is 1.00 bits per heavy atom. The third-order valence-corrected chi connectivity index (χ3v) is 5.48. The van der Waals surface area contributed by atoms with E-state index in [0.717, 1.165) is 22.8 Å². The number of aryl methyl sites for hydroxylation is 1. The SMILES string of the molecule is COc1cc(NC(=O)c2cc(C)n(-c3ccc4c(c3)OCCO4)c2C)c(OC)cc1Cl. The van der Waals surface area contributed by atoms with Crippen molar-refractivity contribution < 1.29 is 23.7 Å². The van der Waals surface area contributed by atoms with Crippen LogP contribution in [0.3, 0.4) is 0 Å². The van der Waals surface area contributed by atoms with E-state index in [1.807, 2.05) is 42.7 Å². The molecule has 8 heteroatoms. The largest absolute Gasteiger partial charge is 0.495 e. The summed E-state index contributed by atoms with van der Waals surface area (Å²) in [6, 6.07) is 10.8. The molecule has 162 valence electrons. The van der Waals surface area contributed by atoms with Crippen LogP contribution in [-0.2, 0) is 0 Å². The van der Waals surface area contributed by atoms with Gasteiger partial charge in [0.25, 0.3) is 5.91 Å². The van der Waals surface area contributed by atoms with Crippen LogP contribution in [0, 0.1) is 13.8 Å². The van der Waals surface area contributed by atoms with Crippen LogP contribution in [0.2, 0.25) is 5.02 Å². The van der Waals surface area contributed by atoms with Gasteiger partial charge in [0.2, 0.25) is 0 Å². The number of anilines is 1. The lowest BCUT2D eigenvalue weighted by Crippen LogP contribution is -2.16. The first-order valence-corrected chi connectivity index (χ1v) is 10.1. The summed E-state index contributed by atoms with van der Waals surface area (Å²) in [5.41, 5.74) is 3.62. The van der Waals surface area contributed by atoms with Gasteiger partial charge in [0.15, 0.2) is 11.5 Å². The number of halogens is 1. The van der Waals surface area contributed by atoms with Crippen LogP contribution in [0.25, 0.3) is 5.69 Å². The molecule has 0 saturated carbocycles. The first kappa shape index (κ1) is 20.9. The predicted molar refractivity (Wildman–Crippen MR) is 119 cm³/mol. The van der Waals surface area contributed by atoms with Gasteiger partial charge in [0, 0.05) is 35.3 Å². The van der Waals surface area contributed by atoms with Crippen LogP contribution in [0.5, 0.6) is 23.0 Å². The number of fused-ring (bicyclic) bond motifs is 1. The molecule has 0 bridgehead atoms. The molecule has 2 aromatic carbocycles. The summed E-state index contributed by atoms with van der Waals surface area (Å²) in [4.78, 5) is 13.1. The zero-order valence-electron chi connectivity index (χ0n) is 17.7. The number of rotatable bonds is 5. The van der Waals surface area contributed by atoms with Gasteiger partial charge in [-0.15, -0.1) is 0 Å². The summed E-state index contributed by atoms with van der Waals surface area (Å²) in [5.74, 6) is 2.04. The van der Waals surface area contributed by atoms with Crippen LogP contribution in [-0.4, -0.2) is 37.9 Å². The Morgan fingerprint density at radius 2 is 1.71 bits per heavy atom. The molecule has 1 amide bonds. The van der Waals surface area contributed by atoms with Crippen molar-refractivity contribution in [1.82, 2.24) is 4.57 Å². The van der Waals surface area contributed by atoms with E-state index >= 15 is 0 Å². The Kier molecular flexibility index (Phi) is 5.69. The summed E-state index contributed by atoms with van der Waals surface area (Å²) in [5, 5.41) is 3.30. The number of carbonyl (C=O) groups is 1. The Balaban J connectivity index is 1.67. The van der Waals surface area contributed by atoms with Crippen molar-refractivity contribution in [1.29, 1.82) is 0 Å². The molecule has 1 aliphatic rings. The highest BCUT2D eigenvalue weighted by atomic mass is 35.5. The highest BCUT2D eigenvalue weighted by molar-refractivity contribution is 6.32. The van der Waals surface area contributed by atoms with Gasteiger partial charge in [0.05, 0.1) is 30.5 Å². The van der Waals surface area contributed by atoms with Gasteiger partial charge in [-0.2, -0.15) is 0 Å². The van der Waals surface area contributed by atoms with Crippen molar-refractivity contribution in [2.24, 2.45) is 0 Å². The van der Waals surface area contributed by atoms with Gasteiger partial charge in [-0.1, -0.05) is 11.6 Å². The normalized spacial score (nSPS) is 12.4. The second kappa shape index (κ2) is 8.43. The van der Waals surface area contributed by atoms with Gasteiger partial charge in [-0.25, -0.2) is 0 Å². The number of methoxy groups -OCH3 is 2. The predicted octanol–water partition coefficient (Wildman–Crippen LogP) is 4.79. The number of carbonyl (C=O) groups excluding carboxylic acids is 1. The molecule has 0 saturated heterocycles. The number of amides is 1. The smallest absolute Gasteiger partial charge is 0.257 e. The average molecular weight is 443 g/mol. The van der Waals surface area contributed by atoms with Crippen molar-refractivity contribution in [2.75, 3.05) is 32.8 Å². The molecule has 31 heavy (non-hydrogen) atoms. The highest BCUT2D eigenvalue weighted by Crippen LogP contribution is 2.37. The van der Waals surface area contributed by atoms with Crippen molar-refractivity contribution in [3.63, 3.8) is 0 Å². The van der Waals surface area contributed by atoms with Crippen LogP contribution in [0.4, 0.5) is 5.69 Å². The lowest BCUT2D eigenvalue weighted by atomic mass is 10.2. The fourth-order valence-corrected chi connectivity index (χ4v) is 3.94. The standard InChI is InChI=1S/C23H23ClN2O5/c1-13-9-16(23(27)25-18-12-20(28-3)17(24)11-21(18)29-4)14(2)26(13)15-5-6-19-22(10-15)31-8-7-30-19/h5-6,9-12H,7-8H2,1-4H3,(H,25,27). The van der Waals surface area contributed by atoms with Gasteiger partial charge in [-0.05, 0) is 32.0 Å². The van der Waals surface area contributed by atoms with E-state index in [2.05, 4.69) is 5.32 Å². The van der Waals surface area contributed by atoms with Gasteiger partial charge in [0.1, 0.15) is 24.7 Å². The maximum Gasteiger partial charge on any atom is 0.257 e. The van der Waals surface area contributed by atoms with Crippen molar-refractivity contribution in [3.05, 3.63) is 58.4 Å². The summed E-state index contributed by atoms with van der Waals surface area (Å²) in [7, 11) is 3.03. The summed E-state index contributed by atoms with van der Waals surface area (Å²) in [6.45, 7) is 4.90. The molecule has 2 heterocycles. The maximum atomic E-state index is 13.1. The molecule has 1 aromatic heterocycles. The van der Waals surface area contributed by atoms with Crippen molar-refractivity contribution in [3.8, 4) is 28.7 Å². The Morgan fingerprint density at radius 3 is 2.42 bits per heavy atom. The van der Waals surface area contributed by atoms with E-state index in [0.29, 0.717) is 46.7 Å². The molecule has 4 rings (SSSR count). The third kappa shape index (κ3) is 3.88. The van der Waals surface area contributed by atoms with E-state index < -0.39 is 0 Å². The molecule has 1 N–H and O–H groups in total. The van der Waals surface area contributed by atoms with Crippen molar-refractivity contribution in [2.45, 2.75) is 13.8 Å². The zero-order chi connectivity index (χ0) is 22.1. The monoisotopic (exact) mass is 442 g/mol. The van der Waals surface area contributed by atoms with Crippen molar-refractivity contribution >= 4 is 23.2 Å². The number of ether oxygens (including phenoxy) is 4. The molecular weight excluding hydrogens is 420 g/mol. The van der Waals surface area contributed by atoms with Gasteiger partial charge >= 0.3 is 0 Å². The van der Waals surface area contributed by atoms with Crippen LogP contribution >= 0.6 is 11.6 Å². The molecular formula is C23H23ClN2O5. The number of aromatic nitrogens is 1. The molecule has 0 radical (unpaired) electrons. The quantitative estimate of drug-likeness (QED) is 0.615.